The van der Waals surface area contributed by atoms with Gasteiger partial charge >= 0.3 is 0 Å². The summed E-state index contributed by atoms with van der Waals surface area (Å²) < 4.78 is 25.9. The number of aromatic nitrogens is 3. The van der Waals surface area contributed by atoms with E-state index in [0.717, 1.165) is 50.3 Å². The molecule has 0 saturated carbocycles. The molecule has 3 rings (SSSR count). The predicted octanol–water partition coefficient (Wildman–Crippen LogP) is 1.12. The van der Waals surface area contributed by atoms with Gasteiger partial charge in [0.2, 0.25) is 0 Å². The van der Waals surface area contributed by atoms with Gasteiger partial charge in [-0.3, -0.25) is 0 Å². The normalized spacial score (nSPS) is 26.8. The van der Waals surface area contributed by atoms with Crippen molar-refractivity contribution in [2.75, 3.05) is 5.75 Å². The van der Waals surface area contributed by atoms with Crippen molar-refractivity contribution in [2.24, 2.45) is 0 Å². The molecule has 1 atom stereocenters. The SMILES string of the molecule is O=S1(=O)CCCCC1Cc1nc2n(n1)CCCC2. The van der Waals surface area contributed by atoms with E-state index < -0.39 is 9.84 Å². The Morgan fingerprint density at radius 3 is 2.89 bits per heavy atom. The van der Waals surface area contributed by atoms with Gasteiger partial charge in [-0.25, -0.2) is 18.1 Å². The molecular formula is C12H19N3O2S. The van der Waals surface area contributed by atoms with Crippen molar-refractivity contribution in [3.8, 4) is 0 Å². The summed E-state index contributed by atoms with van der Waals surface area (Å²) >= 11 is 0. The Labute approximate surface area is 108 Å². The molecule has 0 aromatic carbocycles. The Balaban J connectivity index is 1.77. The van der Waals surface area contributed by atoms with Gasteiger partial charge < -0.3 is 0 Å². The predicted molar refractivity (Wildman–Crippen MR) is 68.1 cm³/mol. The summed E-state index contributed by atoms with van der Waals surface area (Å²) in [7, 11) is -2.91. The van der Waals surface area contributed by atoms with Gasteiger partial charge in [0.15, 0.2) is 15.7 Å². The molecule has 0 radical (unpaired) electrons. The summed E-state index contributed by atoms with van der Waals surface area (Å²) in [5.74, 6) is 2.09. The maximum Gasteiger partial charge on any atom is 0.153 e. The van der Waals surface area contributed by atoms with Gasteiger partial charge in [0.1, 0.15) is 5.82 Å². The molecule has 0 amide bonds. The van der Waals surface area contributed by atoms with E-state index in [9.17, 15) is 8.42 Å². The molecule has 100 valence electrons. The lowest BCUT2D eigenvalue weighted by molar-refractivity contribution is 0.477. The molecule has 1 fully saturated rings. The van der Waals surface area contributed by atoms with Crippen molar-refractivity contribution >= 4 is 9.84 Å². The van der Waals surface area contributed by atoms with Crippen LogP contribution in [0.15, 0.2) is 0 Å². The third-order valence-electron chi connectivity index (χ3n) is 3.94. The van der Waals surface area contributed by atoms with Crippen molar-refractivity contribution in [1.82, 2.24) is 14.8 Å². The van der Waals surface area contributed by atoms with Crippen LogP contribution >= 0.6 is 0 Å². The van der Waals surface area contributed by atoms with Crippen LogP contribution in [0.3, 0.4) is 0 Å². The summed E-state index contributed by atoms with van der Waals surface area (Å²) in [5, 5.41) is 4.20. The van der Waals surface area contributed by atoms with E-state index in [4.69, 9.17) is 0 Å². The van der Waals surface area contributed by atoms with E-state index in [1.54, 1.807) is 0 Å². The van der Waals surface area contributed by atoms with Crippen LogP contribution in [0.2, 0.25) is 0 Å². The monoisotopic (exact) mass is 269 g/mol. The molecular weight excluding hydrogens is 250 g/mol. The molecule has 1 unspecified atom stereocenters. The lowest BCUT2D eigenvalue weighted by Gasteiger charge is -2.20. The van der Waals surface area contributed by atoms with E-state index in [0.29, 0.717) is 12.2 Å². The van der Waals surface area contributed by atoms with E-state index >= 15 is 0 Å². The summed E-state index contributed by atoms with van der Waals surface area (Å²) in [4.78, 5) is 4.50. The van der Waals surface area contributed by atoms with E-state index in [1.165, 1.54) is 6.42 Å². The highest BCUT2D eigenvalue weighted by Crippen LogP contribution is 2.22. The second-order valence-electron chi connectivity index (χ2n) is 5.31. The second-order valence-corrected chi connectivity index (χ2v) is 7.71. The molecule has 5 nitrogen and oxygen atoms in total. The van der Waals surface area contributed by atoms with Crippen molar-refractivity contribution in [3.05, 3.63) is 11.6 Å². The third-order valence-corrected chi connectivity index (χ3v) is 6.21. The van der Waals surface area contributed by atoms with Crippen LogP contribution in [0.4, 0.5) is 0 Å². The van der Waals surface area contributed by atoms with Gasteiger partial charge in [-0.05, 0) is 25.7 Å². The summed E-state index contributed by atoms with van der Waals surface area (Å²) in [6.45, 7) is 0.930. The lowest BCUT2D eigenvalue weighted by atomic mass is 10.1. The van der Waals surface area contributed by atoms with Crippen LogP contribution < -0.4 is 0 Å². The Kier molecular flexibility index (Phi) is 3.13. The van der Waals surface area contributed by atoms with Crippen LogP contribution in [-0.4, -0.2) is 34.2 Å². The zero-order valence-electron chi connectivity index (χ0n) is 10.5. The highest BCUT2D eigenvalue weighted by atomic mass is 32.2. The maximum absolute atomic E-state index is 12.0. The average molecular weight is 269 g/mol. The highest BCUT2D eigenvalue weighted by Gasteiger charge is 2.30. The molecule has 0 spiro atoms. The Morgan fingerprint density at radius 2 is 2.11 bits per heavy atom. The molecule has 1 aromatic heterocycles. The fourth-order valence-corrected chi connectivity index (χ4v) is 4.74. The number of fused-ring (bicyclic) bond motifs is 1. The van der Waals surface area contributed by atoms with Gasteiger partial charge in [0.05, 0.1) is 11.0 Å². The first-order valence-corrected chi connectivity index (χ1v) is 8.51. The number of rotatable bonds is 2. The fourth-order valence-electron chi connectivity index (χ4n) is 2.88. The minimum absolute atomic E-state index is 0.254. The van der Waals surface area contributed by atoms with Gasteiger partial charge in [-0.1, -0.05) is 6.42 Å². The summed E-state index contributed by atoms with van der Waals surface area (Å²) in [6.07, 6.45) is 6.39. The maximum atomic E-state index is 12.0. The molecule has 0 aliphatic carbocycles. The van der Waals surface area contributed by atoms with Gasteiger partial charge in [0, 0.05) is 19.4 Å². The zero-order chi connectivity index (χ0) is 12.6. The van der Waals surface area contributed by atoms with Crippen molar-refractivity contribution < 1.29 is 8.42 Å². The first kappa shape index (κ1) is 12.1. The third kappa shape index (κ3) is 2.30. The number of sulfone groups is 1. The largest absolute Gasteiger partial charge is 0.250 e. The molecule has 18 heavy (non-hydrogen) atoms. The fraction of sp³-hybridized carbons (Fsp3) is 0.833. The molecule has 2 aliphatic rings. The van der Waals surface area contributed by atoms with E-state index in [2.05, 4.69) is 10.1 Å². The standard InChI is InChI=1S/C12H19N3O2S/c16-18(17)8-4-2-5-10(18)9-11-13-12-6-1-3-7-15(12)14-11/h10H,1-9H2. The Hall–Kier alpha value is -0.910. The average Bonchev–Trinajstić information content (AvgIpc) is 2.74. The molecule has 2 aliphatic heterocycles. The first-order valence-electron chi connectivity index (χ1n) is 6.79. The molecule has 6 heteroatoms. The molecule has 0 bridgehead atoms. The molecule has 3 heterocycles. The van der Waals surface area contributed by atoms with E-state index in [1.807, 2.05) is 4.68 Å². The van der Waals surface area contributed by atoms with Gasteiger partial charge in [-0.2, -0.15) is 5.10 Å². The van der Waals surface area contributed by atoms with Crippen molar-refractivity contribution in [1.29, 1.82) is 0 Å². The lowest BCUT2D eigenvalue weighted by Crippen LogP contribution is -2.30. The summed E-state index contributed by atoms with van der Waals surface area (Å²) in [5.41, 5.74) is 0. The smallest absolute Gasteiger partial charge is 0.153 e. The second kappa shape index (κ2) is 4.64. The quantitative estimate of drug-likeness (QED) is 0.807. The molecule has 0 N–H and O–H groups in total. The van der Waals surface area contributed by atoms with Crippen LogP contribution in [0.5, 0.6) is 0 Å². The van der Waals surface area contributed by atoms with Crippen LogP contribution in [0, 0.1) is 0 Å². The Morgan fingerprint density at radius 1 is 1.22 bits per heavy atom. The molecule has 1 aromatic rings. The Bertz CT molecular complexity index is 512. The van der Waals surface area contributed by atoms with E-state index in [-0.39, 0.29) is 5.25 Å². The van der Waals surface area contributed by atoms with Gasteiger partial charge in [0.25, 0.3) is 0 Å². The number of hydrogen-bond acceptors (Lipinski definition) is 4. The van der Waals surface area contributed by atoms with Crippen LogP contribution in [-0.2, 0) is 29.2 Å². The molecule has 1 saturated heterocycles. The van der Waals surface area contributed by atoms with Gasteiger partial charge in [-0.15, -0.1) is 0 Å². The number of nitrogens with zero attached hydrogens (tertiary/aromatic N) is 3. The van der Waals surface area contributed by atoms with Crippen molar-refractivity contribution in [3.63, 3.8) is 0 Å². The van der Waals surface area contributed by atoms with Crippen molar-refractivity contribution in [2.45, 2.75) is 56.7 Å². The number of aryl methyl sites for hydroxylation is 2. The first-order chi connectivity index (χ1) is 8.65. The minimum Gasteiger partial charge on any atom is -0.250 e. The zero-order valence-corrected chi connectivity index (χ0v) is 11.3. The van der Waals surface area contributed by atoms with Crippen LogP contribution in [0.1, 0.15) is 43.8 Å². The minimum atomic E-state index is -2.91. The number of hydrogen-bond donors (Lipinski definition) is 0. The van der Waals surface area contributed by atoms with Crippen LogP contribution in [0.25, 0.3) is 0 Å². The topological polar surface area (TPSA) is 64.8 Å². The summed E-state index contributed by atoms with van der Waals surface area (Å²) in [6, 6.07) is 0. The highest BCUT2D eigenvalue weighted by molar-refractivity contribution is 7.92.